The number of hydrogen-bond acceptors (Lipinski definition) is 3. The Morgan fingerprint density at radius 1 is 1.07 bits per heavy atom. The van der Waals surface area contributed by atoms with Crippen molar-refractivity contribution in [3.63, 3.8) is 0 Å². The van der Waals surface area contributed by atoms with E-state index in [-0.39, 0.29) is 5.91 Å². The van der Waals surface area contributed by atoms with Gasteiger partial charge in [-0.3, -0.25) is 4.79 Å². The summed E-state index contributed by atoms with van der Waals surface area (Å²) in [5.74, 6) is 0.321. The molecule has 1 amide bonds. The quantitative estimate of drug-likeness (QED) is 0.736. The van der Waals surface area contributed by atoms with E-state index in [1.807, 2.05) is 44.2 Å². The van der Waals surface area contributed by atoms with Crippen molar-refractivity contribution in [2.45, 2.75) is 38.5 Å². The van der Waals surface area contributed by atoms with Crippen LogP contribution in [0.3, 0.4) is 0 Å². The van der Waals surface area contributed by atoms with Crippen LogP contribution in [0.2, 0.25) is 0 Å². The third-order valence-corrected chi connectivity index (χ3v) is 7.59. The second-order valence-electron chi connectivity index (χ2n) is 8.42. The van der Waals surface area contributed by atoms with Crippen molar-refractivity contribution in [1.29, 1.82) is 0 Å². The molecule has 2 N–H and O–H groups in total. The van der Waals surface area contributed by atoms with E-state index in [4.69, 9.17) is 0 Å². The standard InChI is InChI=1S/C23H31N3O3S/c1-17(2)20-6-8-21(9-7-20)30(28,29)26-13-11-25(12-14-26)16-23(27)24-22-10-5-18(3)15-19(22)4/h5-10,15,17H,11-14,16H2,1-4H3,(H,24,27)/p+1. The van der Waals surface area contributed by atoms with Gasteiger partial charge in [0.1, 0.15) is 0 Å². The molecular formula is C23H32N3O3S+. The van der Waals surface area contributed by atoms with Gasteiger partial charge in [-0.1, -0.05) is 43.7 Å². The predicted molar refractivity (Wildman–Crippen MR) is 119 cm³/mol. The van der Waals surface area contributed by atoms with Crippen LogP contribution in [0.5, 0.6) is 0 Å². The van der Waals surface area contributed by atoms with E-state index in [0.29, 0.717) is 43.5 Å². The number of carbonyl (C=O) groups excluding carboxylic acids is 1. The van der Waals surface area contributed by atoms with Gasteiger partial charge in [0.25, 0.3) is 5.91 Å². The lowest BCUT2D eigenvalue weighted by Crippen LogP contribution is -3.15. The first-order chi connectivity index (χ1) is 14.2. The number of amides is 1. The molecule has 1 aliphatic rings. The molecule has 0 bridgehead atoms. The van der Waals surface area contributed by atoms with E-state index in [2.05, 4.69) is 19.2 Å². The molecule has 0 unspecified atom stereocenters. The number of sulfonamides is 1. The highest BCUT2D eigenvalue weighted by molar-refractivity contribution is 7.89. The van der Waals surface area contributed by atoms with Gasteiger partial charge < -0.3 is 10.2 Å². The van der Waals surface area contributed by atoms with Gasteiger partial charge in [-0.2, -0.15) is 4.31 Å². The van der Waals surface area contributed by atoms with E-state index in [0.717, 1.165) is 27.3 Å². The fourth-order valence-corrected chi connectivity index (χ4v) is 5.21. The number of piperazine rings is 1. The van der Waals surface area contributed by atoms with Crippen LogP contribution in [-0.4, -0.2) is 51.4 Å². The van der Waals surface area contributed by atoms with Crippen LogP contribution in [0.15, 0.2) is 47.4 Å². The van der Waals surface area contributed by atoms with Crippen LogP contribution >= 0.6 is 0 Å². The Labute approximate surface area is 179 Å². The minimum absolute atomic E-state index is 0.0439. The molecule has 1 aliphatic heterocycles. The molecule has 6 nitrogen and oxygen atoms in total. The number of nitrogens with one attached hydrogen (secondary N) is 2. The average Bonchev–Trinajstić information content (AvgIpc) is 2.70. The zero-order chi connectivity index (χ0) is 21.9. The molecule has 0 spiro atoms. The molecule has 3 rings (SSSR count). The molecule has 0 radical (unpaired) electrons. The lowest BCUT2D eigenvalue weighted by Gasteiger charge is -2.31. The first-order valence-electron chi connectivity index (χ1n) is 10.5. The molecule has 30 heavy (non-hydrogen) atoms. The first kappa shape index (κ1) is 22.5. The molecule has 2 aromatic rings. The summed E-state index contributed by atoms with van der Waals surface area (Å²) < 4.78 is 27.4. The predicted octanol–water partition coefficient (Wildman–Crippen LogP) is 1.95. The van der Waals surface area contributed by atoms with Gasteiger partial charge in [-0.05, 0) is 49.1 Å². The molecule has 1 saturated heterocycles. The normalized spacial score (nSPS) is 16.0. The summed E-state index contributed by atoms with van der Waals surface area (Å²) in [7, 11) is -3.50. The third-order valence-electron chi connectivity index (χ3n) is 5.68. The number of benzene rings is 2. The largest absolute Gasteiger partial charge is 0.325 e. The Kier molecular flexibility index (Phi) is 6.95. The highest BCUT2D eigenvalue weighted by atomic mass is 32.2. The van der Waals surface area contributed by atoms with Crippen LogP contribution in [0.4, 0.5) is 5.69 Å². The Hall–Kier alpha value is -2.22. The van der Waals surface area contributed by atoms with E-state index < -0.39 is 10.0 Å². The monoisotopic (exact) mass is 430 g/mol. The topological polar surface area (TPSA) is 70.9 Å². The zero-order valence-corrected chi connectivity index (χ0v) is 19.1. The van der Waals surface area contributed by atoms with Crippen molar-refractivity contribution >= 4 is 21.6 Å². The minimum Gasteiger partial charge on any atom is -0.325 e. The first-order valence-corrected chi connectivity index (χ1v) is 11.9. The minimum atomic E-state index is -3.50. The average molecular weight is 431 g/mol. The van der Waals surface area contributed by atoms with Crippen molar-refractivity contribution in [1.82, 2.24) is 4.31 Å². The van der Waals surface area contributed by atoms with Gasteiger partial charge in [-0.15, -0.1) is 0 Å². The van der Waals surface area contributed by atoms with Crippen LogP contribution in [-0.2, 0) is 14.8 Å². The number of hydrogen-bond donors (Lipinski definition) is 2. The number of nitrogens with zero attached hydrogens (tertiary/aromatic N) is 1. The van der Waals surface area contributed by atoms with E-state index in [1.54, 1.807) is 12.1 Å². The molecule has 0 aliphatic carbocycles. The Bertz CT molecular complexity index is 993. The molecule has 7 heteroatoms. The fraction of sp³-hybridized carbons (Fsp3) is 0.435. The SMILES string of the molecule is Cc1ccc(NC(=O)C[NH+]2CCN(S(=O)(=O)c3ccc(C(C)C)cc3)CC2)c(C)c1. The van der Waals surface area contributed by atoms with E-state index >= 15 is 0 Å². The summed E-state index contributed by atoms with van der Waals surface area (Å²) >= 11 is 0. The van der Waals surface area contributed by atoms with Gasteiger partial charge >= 0.3 is 0 Å². The fourth-order valence-electron chi connectivity index (χ4n) is 3.77. The van der Waals surface area contributed by atoms with Crippen LogP contribution in [0.25, 0.3) is 0 Å². The molecule has 2 aromatic carbocycles. The molecule has 0 aromatic heterocycles. The Morgan fingerprint density at radius 2 is 1.70 bits per heavy atom. The summed E-state index contributed by atoms with van der Waals surface area (Å²) in [4.78, 5) is 13.9. The van der Waals surface area contributed by atoms with Crippen molar-refractivity contribution in [3.8, 4) is 0 Å². The highest BCUT2D eigenvalue weighted by Gasteiger charge is 2.31. The molecule has 162 valence electrons. The van der Waals surface area contributed by atoms with Gasteiger partial charge in [0.05, 0.1) is 31.1 Å². The second-order valence-corrected chi connectivity index (χ2v) is 10.4. The van der Waals surface area contributed by atoms with Gasteiger partial charge in [0, 0.05) is 5.69 Å². The highest BCUT2D eigenvalue weighted by Crippen LogP contribution is 2.20. The smallest absolute Gasteiger partial charge is 0.279 e. The number of anilines is 1. The molecular weight excluding hydrogens is 398 g/mol. The summed E-state index contributed by atoms with van der Waals surface area (Å²) in [6.07, 6.45) is 0. The van der Waals surface area contributed by atoms with Crippen LogP contribution in [0.1, 0.15) is 36.5 Å². The van der Waals surface area contributed by atoms with Crippen molar-refractivity contribution in [2.24, 2.45) is 0 Å². The maximum atomic E-state index is 12.9. The van der Waals surface area contributed by atoms with Gasteiger partial charge in [0.2, 0.25) is 10.0 Å². The Morgan fingerprint density at radius 3 is 2.27 bits per heavy atom. The number of rotatable bonds is 6. The van der Waals surface area contributed by atoms with Crippen molar-refractivity contribution in [2.75, 3.05) is 38.0 Å². The van der Waals surface area contributed by atoms with Gasteiger partial charge in [-0.25, -0.2) is 8.42 Å². The summed E-state index contributed by atoms with van der Waals surface area (Å²) in [6.45, 7) is 10.6. The number of carbonyl (C=O) groups is 1. The van der Waals surface area contributed by atoms with Crippen LogP contribution < -0.4 is 10.2 Å². The van der Waals surface area contributed by atoms with Crippen molar-refractivity contribution < 1.29 is 18.1 Å². The van der Waals surface area contributed by atoms with E-state index in [1.165, 1.54) is 4.31 Å². The zero-order valence-electron chi connectivity index (χ0n) is 18.2. The molecule has 0 saturated carbocycles. The number of aryl methyl sites for hydroxylation is 2. The molecule has 1 heterocycles. The van der Waals surface area contributed by atoms with E-state index in [9.17, 15) is 13.2 Å². The summed E-state index contributed by atoms with van der Waals surface area (Å²) in [5.41, 5.74) is 4.15. The summed E-state index contributed by atoms with van der Waals surface area (Å²) in [5, 5.41) is 2.97. The second kappa shape index (κ2) is 9.29. The van der Waals surface area contributed by atoms with Crippen molar-refractivity contribution in [3.05, 3.63) is 59.2 Å². The molecule has 0 atom stereocenters. The molecule has 1 fully saturated rings. The third kappa shape index (κ3) is 5.28. The lowest BCUT2D eigenvalue weighted by atomic mass is 10.0. The summed E-state index contributed by atoms with van der Waals surface area (Å²) in [6, 6.07) is 13.1. The van der Waals surface area contributed by atoms with Crippen LogP contribution in [0, 0.1) is 13.8 Å². The van der Waals surface area contributed by atoms with Gasteiger partial charge in [0.15, 0.2) is 6.54 Å². The lowest BCUT2D eigenvalue weighted by molar-refractivity contribution is -0.895. The maximum Gasteiger partial charge on any atom is 0.279 e. The number of quaternary nitrogens is 1. The maximum absolute atomic E-state index is 12.9. The Balaban J connectivity index is 1.55.